The van der Waals surface area contributed by atoms with Crippen molar-refractivity contribution in [1.82, 2.24) is 0 Å². The Hall–Kier alpha value is 0.400. The smallest absolute Gasteiger partial charge is 0.225 e. The van der Waals surface area contributed by atoms with Crippen molar-refractivity contribution in [2.45, 2.75) is 14.1 Å². The number of thioether (sulfide) groups is 1. The highest BCUT2D eigenvalue weighted by molar-refractivity contribution is 8.00. The second-order valence-corrected chi connectivity index (χ2v) is 5.85. The topological polar surface area (TPSA) is 20.2 Å². The molecule has 1 aromatic carbocycles. The first-order chi connectivity index (χ1) is 6.00. The summed E-state index contributed by atoms with van der Waals surface area (Å²) < 4.78 is -1.65. The van der Waals surface area contributed by atoms with Crippen LogP contribution in [0.1, 0.15) is 0 Å². The number of benzene rings is 1. The van der Waals surface area contributed by atoms with Crippen molar-refractivity contribution in [2.24, 2.45) is 0 Å². The minimum absolute atomic E-state index is 0.862. The summed E-state index contributed by atoms with van der Waals surface area (Å²) in [5, 5.41) is 9.41. The summed E-state index contributed by atoms with van der Waals surface area (Å²) in [5.74, 6) is 0. The molecule has 0 radical (unpaired) electrons. The lowest BCUT2D eigenvalue weighted by Gasteiger charge is -2.17. The van der Waals surface area contributed by atoms with Gasteiger partial charge in [0.05, 0.1) is 0 Å². The fourth-order valence-corrected chi connectivity index (χ4v) is 1.80. The maximum atomic E-state index is 9.41. The van der Waals surface area contributed by atoms with Gasteiger partial charge < -0.3 is 5.11 Å². The molecule has 0 saturated heterocycles. The van der Waals surface area contributed by atoms with E-state index in [-0.39, 0.29) is 0 Å². The number of hydrogen-bond acceptors (Lipinski definition) is 2. The van der Waals surface area contributed by atoms with Crippen LogP contribution in [0.5, 0.6) is 0 Å². The summed E-state index contributed by atoms with van der Waals surface area (Å²) in [6, 6.07) is 9.27. The second kappa shape index (κ2) is 4.76. The van der Waals surface area contributed by atoms with Gasteiger partial charge in [-0.05, 0) is 12.1 Å². The van der Waals surface area contributed by atoms with Crippen molar-refractivity contribution >= 4 is 46.6 Å². The van der Waals surface area contributed by atoms with E-state index in [0.717, 1.165) is 16.7 Å². The highest BCUT2D eigenvalue weighted by Crippen LogP contribution is 2.38. The van der Waals surface area contributed by atoms with Crippen LogP contribution < -0.4 is 0 Å². The van der Waals surface area contributed by atoms with Crippen LogP contribution in [0.2, 0.25) is 0 Å². The van der Waals surface area contributed by atoms with Crippen LogP contribution in [0.15, 0.2) is 35.2 Å². The second-order valence-electron chi connectivity index (χ2n) is 2.32. The molecule has 0 aromatic heterocycles. The number of alkyl halides is 3. The fourth-order valence-electron chi connectivity index (χ4n) is 0.695. The Labute approximate surface area is 96.0 Å². The first kappa shape index (κ1) is 11.5. The van der Waals surface area contributed by atoms with Gasteiger partial charge in [-0.1, -0.05) is 64.8 Å². The van der Waals surface area contributed by atoms with Crippen LogP contribution in [0.4, 0.5) is 0 Å². The monoisotopic (exact) mass is 256 g/mol. The van der Waals surface area contributed by atoms with Gasteiger partial charge in [0.15, 0.2) is 5.44 Å². The molecule has 1 nitrogen and oxygen atoms in total. The van der Waals surface area contributed by atoms with E-state index in [9.17, 15) is 5.11 Å². The predicted octanol–water partition coefficient (Wildman–Crippen LogP) is 3.47. The Morgan fingerprint density at radius 1 is 1.15 bits per heavy atom. The molecule has 0 fully saturated rings. The molecule has 0 spiro atoms. The molecular weight excluding hydrogens is 251 g/mol. The Morgan fingerprint density at radius 3 is 2.15 bits per heavy atom. The molecule has 0 amide bonds. The lowest BCUT2D eigenvalue weighted by molar-refractivity contribution is 0.268. The highest BCUT2D eigenvalue weighted by Gasteiger charge is 2.31. The van der Waals surface area contributed by atoms with E-state index < -0.39 is 9.23 Å². The zero-order valence-corrected chi connectivity index (χ0v) is 9.54. The van der Waals surface area contributed by atoms with Crippen LogP contribution in [-0.4, -0.2) is 14.3 Å². The zero-order chi connectivity index (χ0) is 9.90. The summed E-state index contributed by atoms with van der Waals surface area (Å²) in [4.78, 5) is 0.862. The largest absolute Gasteiger partial charge is 0.378 e. The molecule has 72 valence electrons. The van der Waals surface area contributed by atoms with Gasteiger partial charge in [0.25, 0.3) is 0 Å². The molecule has 0 bridgehead atoms. The van der Waals surface area contributed by atoms with E-state index in [1.807, 2.05) is 30.3 Å². The van der Waals surface area contributed by atoms with Crippen molar-refractivity contribution in [1.29, 1.82) is 0 Å². The zero-order valence-electron chi connectivity index (χ0n) is 6.45. The van der Waals surface area contributed by atoms with Crippen molar-refractivity contribution in [3.63, 3.8) is 0 Å². The summed E-state index contributed by atoms with van der Waals surface area (Å²) >= 11 is 17.6. The first-order valence-corrected chi connectivity index (χ1v) is 5.48. The van der Waals surface area contributed by atoms with Crippen LogP contribution in [0, 0.1) is 0 Å². The lowest BCUT2D eigenvalue weighted by atomic mass is 10.4. The molecule has 13 heavy (non-hydrogen) atoms. The third-order valence-corrected chi connectivity index (χ3v) is 3.40. The SMILES string of the molecule is OC(Sc1ccccc1)C(Cl)(Cl)Cl. The normalized spacial score (nSPS) is 14.2. The molecule has 1 N–H and O–H groups in total. The highest BCUT2D eigenvalue weighted by atomic mass is 35.6. The van der Waals surface area contributed by atoms with E-state index in [1.54, 1.807) is 0 Å². The standard InChI is InChI=1S/C8H7Cl3OS/c9-8(10,11)7(12)13-6-4-2-1-3-5-6/h1-5,7,12H. The number of aliphatic hydroxyl groups is 1. The molecular formula is C8H7Cl3OS. The Bertz CT molecular complexity index is 260. The number of aliphatic hydroxyl groups excluding tert-OH is 1. The molecule has 0 aliphatic carbocycles. The van der Waals surface area contributed by atoms with E-state index >= 15 is 0 Å². The lowest BCUT2D eigenvalue weighted by Crippen LogP contribution is -2.20. The number of halogens is 3. The molecule has 5 heteroatoms. The van der Waals surface area contributed by atoms with Gasteiger partial charge in [0, 0.05) is 4.90 Å². The Morgan fingerprint density at radius 2 is 1.69 bits per heavy atom. The Balaban J connectivity index is 2.61. The van der Waals surface area contributed by atoms with E-state index in [0.29, 0.717) is 0 Å². The summed E-state index contributed by atoms with van der Waals surface area (Å²) in [6.45, 7) is 0. The molecule has 1 rings (SSSR count). The van der Waals surface area contributed by atoms with Crippen LogP contribution in [0.25, 0.3) is 0 Å². The summed E-state index contributed by atoms with van der Waals surface area (Å²) in [5.41, 5.74) is -1.06. The van der Waals surface area contributed by atoms with Crippen LogP contribution >= 0.6 is 46.6 Å². The van der Waals surface area contributed by atoms with Gasteiger partial charge in [-0.2, -0.15) is 0 Å². The number of rotatable bonds is 2. The maximum absolute atomic E-state index is 9.41. The van der Waals surface area contributed by atoms with Crippen LogP contribution in [0.3, 0.4) is 0 Å². The molecule has 1 unspecified atom stereocenters. The average Bonchev–Trinajstić information content (AvgIpc) is 2.04. The Kier molecular flexibility index (Phi) is 4.20. The van der Waals surface area contributed by atoms with E-state index in [4.69, 9.17) is 34.8 Å². The van der Waals surface area contributed by atoms with Gasteiger partial charge in [0.2, 0.25) is 3.79 Å². The average molecular weight is 258 g/mol. The molecule has 0 aliphatic heterocycles. The summed E-state index contributed by atoms with van der Waals surface area (Å²) in [7, 11) is 0. The van der Waals surface area contributed by atoms with Gasteiger partial charge in [0.1, 0.15) is 0 Å². The minimum atomic E-state index is -1.65. The van der Waals surface area contributed by atoms with Gasteiger partial charge in [-0.15, -0.1) is 0 Å². The molecule has 1 aromatic rings. The predicted molar refractivity (Wildman–Crippen MR) is 58.6 cm³/mol. The van der Waals surface area contributed by atoms with E-state index in [2.05, 4.69) is 0 Å². The third-order valence-electron chi connectivity index (χ3n) is 1.27. The fraction of sp³-hybridized carbons (Fsp3) is 0.250. The molecule has 1 atom stereocenters. The van der Waals surface area contributed by atoms with Crippen LogP contribution in [-0.2, 0) is 0 Å². The molecule has 0 saturated carbocycles. The minimum Gasteiger partial charge on any atom is -0.378 e. The molecule has 0 heterocycles. The quantitative estimate of drug-likeness (QED) is 0.497. The van der Waals surface area contributed by atoms with Crippen molar-refractivity contribution in [3.8, 4) is 0 Å². The number of hydrogen-bond donors (Lipinski definition) is 1. The van der Waals surface area contributed by atoms with Gasteiger partial charge in [-0.25, -0.2) is 0 Å². The maximum Gasteiger partial charge on any atom is 0.225 e. The van der Waals surface area contributed by atoms with Gasteiger partial charge >= 0.3 is 0 Å². The molecule has 0 aliphatic rings. The van der Waals surface area contributed by atoms with Crippen molar-refractivity contribution in [2.75, 3.05) is 0 Å². The first-order valence-electron chi connectivity index (χ1n) is 3.46. The summed E-state index contributed by atoms with van der Waals surface area (Å²) in [6.07, 6.45) is 0. The van der Waals surface area contributed by atoms with Crippen molar-refractivity contribution in [3.05, 3.63) is 30.3 Å². The third kappa shape index (κ3) is 3.96. The van der Waals surface area contributed by atoms with Gasteiger partial charge in [-0.3, -0.25) is 0 Å². The van der Waals surface area contributed by atoms with Crippen molar-refractivity contribution < 1.29 is 5.11 Å². The van der Waals surface area contributed by atoms with E-state index in [1.165, 1.54) is 0 Å².